The second-order valence-corrected chi connectivity index (χ2v) is 8.90. The molecule has 178 valence electrons. The molecule has 1 amide bonds. The van der Waals surface area contributed by atoms with Crippen LogP contribution in [0.5, 0.6) is 0 Å². The zero-order valence-electron chi connectivity index (χ0n) is 20.0. The van der Waals surface area contributed by atoms with E-state index in [4.69, 9.17) is 19.9 Å². The quantitative estimate of drug-likeness (QED) is 0.388. The number of piperidine rings is 1. The third-order valence-corrected chi connectivity index (χ3v) is 6.71. The number of aryl methyl sites for hydroxylation is 2. The first-order chi connectivity index (χ1) is 16.5. The predicted octanol–water partition coefficient (Wildman–Crippen LogP) is 4.83. The molecule has 0 radical (unpaired) electrons. The van der Waals surface area contributed by atoms with E-state index in [9.17, 15) is 4.79 Å². The van der Waals surface area contributed by atoms with E-state index in [0.717, 1.165) is 41.8 Å². The van der Waals surface area contributed by atoms with Crippen molar-refractivity contribution in [3.05, 3.63) is 94.1 Å². The minimum atomic E-state index is -0.536. The molecule has 0 saturated carbocycles. The van der Waals surface area contributed by atoms with Gasteiger partial charge in [-0.15, -0.1) is 0 Å². The Morgan fingerprint density at radius 3 is 2.18 bits per heavy atom. The third-order valence-electron chi connectivity index (χ3n) is 6.71. The van der Waals surface area contributed by atoms with E-state index in [1.54, 1.807) is 24.7 Å². The van der Waals surface area contributed by atoms with Gasteiger partial charge in [-0.25, -0.2) is 5.48 Å². The van der Waals surface area contributed by atoms with Crippen molar-refractivity contribution in [3.8, 4) is 0 Å². The molecule has 1 aliphatic rings. The second kappa shape index (κ2) is 10.9. The highest BCUT2D eigenvalue weighted by Crippen LogP contribution is 2.43. The van der Waals surface area contributed by atoms with Crippen molar-refractivity contribution in [2.24, 2.45) is 0 Å². The first-order valence-corrected chi connectivity index (χ1v) is 11.7. The van der Waals surface area contributed by atoms with Crippen LogP contribution in [0.4, 0.5) is 0 Å². The van der Waals surface area contributed by atoms with Gasteiger partial charge in [0.2, 0.25) is 0 Å². The standard InChI is InChI=1S/C27H32N4O3/c1-18-7-5-13-28-25(18)23-9-4-10-24(26-19(2)8-6-14-29-26)31(23)16-21-12-11-20(27(32)30-33)15-22(21)17-34-3/h5-8,11-15,23-24,33H,4,9-10,16-17H2,1-3H3,(H,30,32)/t23-,24+. The maximum Gasteiger partial charge on any atom is 0.274 e. The van der Waals surface area contributed by atoms with Gasteiger partial charge in [0.1, 0.15) is 0 Å². The van der Waals surface area contributed by atoms with Gasteiger partial charge in [0.25, 0.3) is 5.91 Å². The Hall–Kier alpha value is -3.13. The molecule has 34 heavy (non-hydrogen) atoms. The molecule has 3 aromatic rings. The predicted molar refractivity (Wildman–Crippen MR) is 129 cm³/mol. The van der Waals surface area contributed by atoms with Crippen LogP contribution in [-0.4, -0.2) is 33.1 Å². The van der Waals surface area contributed by atoms with Crippen LogP contribution in [0.15, 0.2) is 54.9 Å². The van der Waals surface area contributed by atoms with Gasteiger partial charge in [-0.2, -0.15) is 0 Å². The summed E-state index contributed by atoms with van der Waals surface area (Å²) in [6.45, 7) is 5.28. The molecule has 7 heteroatoms. The molecule has 1 aliphatic heterocycles. The fourth-order valence-electron chi connectivity index (χ4n) is 5.03. The van der Waals surface area contributed by atoms with Crippen molar-refractivity contribution in [1.29, 1.82) is 0 Å². The molecule has 3 heterocycles. The van der Waals surface area contributed by atoms with Gasteiger partial charge in [-0.3, -0.25) is 24.9 Å². The van der Waals surface area contributed by atoms with Crippen LogP contribution in [0, 0.1) is 13.8 Å². The van der Waals surface area contributed by atoms with Crippen LogP contribution in [0.2, 0.25) is 0 Å². The molecule has 4 rings (SSSR count). The van der Waals surface area contributed by atoms with Crippen molar-refractivity contribution in [2.75, 3.05) is 7.11 Å². The van der Waals surface area contributed by atoms with E-state index in [1.165, 1.54) is 11.1 Å². The summed E-state index contributed by atoms with van der Waals surface area (Å²) in [4.78, 5) is 24.1. The summed E-state index contributed by atoms with van der Waals surface area (Å²) in [6, 6.07) is 14.0. The molecular formula is C27H32N4O3. The minimum Gasteiger partial charge on any atom is -0.380 e. The monoisotopic (exact) mass is 460 g/mol. The van der Waals surface area contributed by atoms with E-state index >= 15 is 0 Å². The molecule has 0 unspecified atom stereocenters. The number of hydrogen-bond donors (Lipinski definition) is 2. The van der Waals surface area contributed by atoms with Crippen LogP contribution >= 0.6 is 0 Å². The molecular weight excluding hydrogens is 428 g/mol. The Morgan fingerprint density at radius 2 is 1.65 bits per heavy atom. The summed E-state index contributed by atoms with van der Waals surface area (Å²) in [5, 5.41) is 9.06. The normalized spacial score (nSPS) is 18.6. The number of aromatic nitrogens is 2. The zero-order chi connectivity index (χ0) is 24.1. The van der Waals surface area contributed by atoms with Gasteiger partial charge in [0.05, 0.1) is 30.1 Å². The van der Waals surface area contributed by atoms with Gasteiger partial charge in [0.15, 0.2) is 0 Å². The third kappa shape index (κ3) is 5.01. The van der Waals surface area contributed by atoms with Crippen LogP contribution in [0.25, 0.3) is 0 Å². The maximum absolute atomic E-state index is 12.0. The highest BCUT2D eigenvalue weighted by Gasteiger charge is 2.35. The van der Waals surface area contributed by atoms with Gasteiger partial charge >= 0.3 is 0 Å². The minimum absolute atomic E-state index is 0.150. The first-order valence-electron chi connectivity index (χ1n) is 11.7. The Morgan fingerprint density at radius 1 is 1.03 bits per heavy atom. The summed E-state index contributed by atoms with van der Waals surface area (Å²) in [5.41, 5.74) is 8.68. The Kier molecular flexibility index (Phi) is 7.67. The van der Waals surface area contributed by atoms with Crippen molar-refractivity contribution >= 4 is 5.91 Å². The number of hydrogen-bond acceptors (Lipinski definition) is 6. The number of rotatable bonds is 7. The Labute approximate surface area is 200 Å². The van der Waals surface area contributed by atoms with Gasteiger partial charge in [-0.05, 0) is 79.6 Å². The van der Waals surface area contributed by atoms with Gasteiger partial charge in [0, 0.05) is 31.6 Å². The lowest BCUT2D eigenvalue weighted by molar-refractivity contribution is 0.0666. The average Bonchev–Trinajstić information content (AvgIpc) is 2.86. The molecule has 1 aromatic carbocycles. The van der Waals surface area contributed by atoms with Crippen molar-refractivity contribution < 1.29 is 14.7 Å². The Balaban J connectivity index is 1.78. The summed E-state index contributed by atoms with van der Waals surface area (Å²) in [7, 11) is 1.64. The van der Waals surface area contributed by atoms with E-state index < -0.39 is 5.91 Å². The van der Waals surface area contributed by atoms with Crippen LogP contribution in [-0.2, 0) is 17.9 Å². The largest absolute Gasteiger partial charge is 0.380 e. The molecule has 2 aromatic heterocycles. The second-order valence-electron chi connectivity index (χ2n) is 8.90. The molecule has 1 saturated heterocycles. The van der Waals surface area contributed by atoms with Gasteiger partial charge in [-0.1, -0.05) is 18.2 Å². The van der Waals surface area contributed by atoms with Crippen molar-refractivity contribution in [1.82, 2.24) is 20.3 Å². The van der Waals surface area contributed by atoms with Crippen molar-refractivity contribution in [2.45, 2.75) is 58.3 Å². The number of ether oxygens (including phenoxy) is 1. The summed E-state index contributed by atoms with van der Waals surface area (Å²) in [6.07, 6.45) is 6.87. The SMILES string of the molecule is COCc1cc(C(=O)NO)ccc1CN1[C@@H](c2ncccc2C)CCC[C@H]1c1ncccc1C. The maximum atomic E-state index is 12.0. The van der Waals surface area contributed by atoms with Gasteiger partial charge < -0.3 is 4.74 Å². The number of likely N-dealkylation sites (tertiary alicyclic amines) is 1. The summed E-state index contributed by atoms with van der Waals surface area (Å²) in [5.74, 6) is -0.536. The molecule has 2 atom stereocenters. The topological polar surface area (TPSA) is 87.6 Å². The molecule has 1 fully saturated rings. The first kappa shape index (κ1) is 24.0. The molecule has 0 bridgehead atoms. The molecule has 0 aliphatic carbocycles. The summed E-state index contributed by atoms with van der Waals surface area (Å²) >= 11 is 0. The number of nitrogens with zero attached hydrogens (tertiary/aromatic N) is 3. The lowest BCUT2D eigenvalue weighted by Crippen LogP contribution is -2.37. The average molecular weight is 461 g/mol. The van der Waals surface area contributed by atoms with Crippen LogP contribution in [0.1, 0.15) is 75.3 Å². The van der Waals surface area contributed by atoms with E-state index in [2.05, 4.69) is 30.9 Å². The Bertz CT molecular complexity index is 1100. The van der Waals surface area contributed by atoms with E-state index in [1.807, 2.05) is 30.6 Å². The fraction of sp³-hybridized carbons (Fsp3) is 0.370. The summed E-state index contributed by atoms with van der Waals surface area (Å²) < 4.78 is 5.45. The lowest BCUT2D eigenvalue weighted by atomic mass is 9.88. The van der Waals surface area contributed by atoms with E-state index in [0.29, 0.717) is 18.7 Å². The number of carbonyl (C=O) groups is 1. The number of benzene rings is 1. The van der Waals surface area contributed by atoms with Crippen LogP contribution < -0.4 is 5.48 Å². The number of methoxy groups -OCH3 is 1. The highest BCUT2D eigenvalue weighted by atomic mass is 16.5. The number of amides is 1. The smallest absolute Gasteiger partial charge is 0.274 e. The molecule has 0 spiro atoms. The number of hydroxylamine groups is 1. The fourth-order valence-corrected chi connectivity index (χ4v) is 5.03. The number of pyridine rings is 2. The lowest BCUT2D eigenvalue weighted by Gasteiger charge is -2.43. The zero-order valence-corrected chi connectivity index (χ0v) is 20.0. The number of nitrogens with one attached hydrogen (secondary N) is 1. The molecule has 2 N–H and O–H groups in total. The molecule has 7 nitrogen and oxygen atoms in total. The van der Waals surface area contributed by atoms with E-state index in [-0.39, 0.29) is 12.1 Å². The highest BCUT2D eigenvalue weighted by molar-refractivity contribution is 5.93. The van der Waals surface area contributed by atoms with Crippen molar-refractivity contribution in [3.63, 3.8) is 0 Å². The number of carbonyl (C=O) groups excluding carboxylic acids is 1. The van der Waals surface area contributed by atoms with Crippen LogP contribution in [0.3, 0.4) is 0 Å².